The average molecular weight is 2110 g/mol. The number of pyridine rings is 1. The molecule has 0 bridgehead atoms. The Labute approximate surface area is 813 Å². The first-order chi connectivity index (χ1) is 64.6. The van der Waals surface area contributed by atoms with Gasteiger partial charge in [0.25, 0.3) is 63.7 Å². The number of urea groups is 4. The molecule has 16 rings (SSSR count). The maximum atomic E-state index is 14.8. The van der Waals surface area contributed by atoms with Crippen molar-refractivity contribution in [3.63, 3.8) is 0 Å². The van der Waals surface area contributed by atoms with Crippen LogP contribution in [0.4, 0.5) is 101 Å². The number of thiophene rings is 4. The van der Waals surface area contributed by atoms with Gasteiger partial charge in [-0.25, -0.2) is 89.9 Å². The lowest BCUT2D eigenvalue weighted by molar-refractivity contribution is -0.117. The molecule has 53 heteroatoms. The zero-order valence-electron chi connectivity index (χ0n) is 69.9. The number of hydrazone groups is 4. The number of anilines is 12. The minimum Gasteiger partial charge on any atom is -0.388 e. The normalized spacial score (nSPS) is 13.6. The minimum atomic E-state index is -4.24. The van der Waals surface area contributed by atoms with Crippen LogP contribution in [0.25, 0.3) is 0 Å². The fraction of sp³-hybridized carbons (Fsp3) is 0.0964. The molecule has 0 aliphatic carbocycles. The zero-order chi connectivity index (χ0) is 97.8. The third-order valence-corrected chi connectivity index (χ3v) is 31.3. The molecule has 0 saturated carbocycles. The fourth-order valence-corrected chi connectivity index (χ4v) is 22.3. The molecule has 4 aliphatic rings. The Morgan fingerprint density at radius 2 is 0.618 bits per heavy atom. The number of carbonyl (C=O) groups excluding carboxylic acids is 8. The SMILES string of the molecule is CNc1cccc(C2=NN(c3c(F)cc(NC(=O)NS(=O)(=O)c4ccc(Cl)s4)cc3F)C(=O)C2)c1.CNc1cccc(C2=NN(c3ccc(NC(=O)NS(=O)(=O)c4ccc(Cl)s4)cc3Cl)C(=O)C2)c1.CNc1cccc(C2=NN(c3ccc(NC(=O)NS(=O)(=O)c4ccc(Cl)s4)cc3F)C(=O)C2)c1.CNc1cccc(C2=NN(c3ccc(NC(=O)NS(=O)(=O)c4ccc(Cl)s4)cn3)C(=O)C2)c1. The van der Waals surface area contributed by atoms with Crippen molar-refractivity contribution in [2.75, 3.05) is 90.8 Å². The van der Waals surface area contributed by atoms with E-state index in [1.807, 2.05) is 86.2 Å². The van der Waals surface area contributed by atoms with Gasteiger partial charge >= 0.3 is 24.1 Å². The Kier molecular flexibility index (Phi) is 31.5. The number of carbonyl (C=O) groups is 8. The Morgan fingerprint density at radius 3 is 0.941 bits per heavy atom. The molecule has 0 spiro atoms. The van der Waals surface area contributed by atoms with Gasteiger partial charge in [0.2, 0.25) is 0 Å². The third kappa shape index (κ3) is 24.9. The Bertz CT molecular complexity index is 7160. The van der Waals surface area contributed by atoms with Gasteiger partial charge in [0, 0.05) is 90.3 Å². The van der Waals surface area contributed by atoms with Crippen molar-refractivity contribution >= 4 is 282 Å². The third-order valence-electron chi connectivity index (χ3n) is 18.8. The van der Waals surface area contributed by atoms with Crippen LogP contribution in [0.15, 0.2) is 250 Å². The number of aromatic nitrogens is 1. The van der Waals surface area contributed by atoms with Crippen molar-refractivity contribution in [2.24, 2.45) is 20.4 Å². The summed E-state index contributed by atoms with van der Waals surface area (Å²) in [5, 5.41) is 42.4. The van der Waals surface area contributed by atoms with Gasteiger partial charge in [-0.05, 0) is 158 Å². The van der Waals surface area contributed by atoms with Crippen LogP contribution in [0.3, 0.4) is 0 Å². The van der Waals surface area contributed by atoms with Crippen molar-refractivity contribution in [1.82, 2.24) is 23.9 Å². The molecule has 37 nitrogen and oxygen atoms in total. The second-order valence-electron chi connectivity index (χ2n) is 28.0. The lowest BCUT2D eigenvalue weighted by atomic mass is 10.1. The van der Waals surface area contributed by atoms with Crippen molar-refractivity contribution in [3.8, 4) is 0 Å². The molecule has 4 aliphatic heterocycles. The molecular weight excluding hydrogens is 2040 g/mol. The first kappa shape index (κ1) is 99.8. The highest BCUT2D eigenvalue weighted by Crippen LogP contribution is 2.38. The second-order valence-corrected chi connectivity index (χ2v) is 42.9. The summed E-state index contributed by atoms with van der Waals surface area (Å²) >= 11 is 32.5. The summed E-state index contributed by atoms with van der Waals surface area (Å²) < 4.78 is 150. The number of halogens is 8. The molecule has 0 radical (unpaired) electrons. The summed E-state index contributed by atoms with van der Waals surface area (Å²) in [6.07, 6.45) is 1.36. The molecule has 12 N–H and O–H groups in total. The molecule has 136 heavy (non-hydrogen) atoms. The Balaban J connectivity index is 0.000000153. The van der Waals surface area contributed by atoms with Crippen LogP contribution in [0.2, 0.25) is 22.4 Å². The van der Waals surface area contributed by atoms with Gasteiger partial charge in [-0.15, -0.1) is 45.3 Å². The molecule has 9 heterocycles. The van der Waals surface area contributed by atoms with Gasteiger partial charge in [-0.1, -0.05) is 107 Å². The van der Waals surface area contributed by atoms with E-state index in [0.29, 0.717) is 39.1 Å². The summed E-state index contributed by atoms with van der Waals surface area (Å²) in [5.41, 5.74) is 7.96. The molecule has 0 atom stereocenters. The average Bonchev–Trinajstić information content (AvgIpc) is 1.56. The number of rotatable bonds is 24. The minimum absolute atomic E-state index is 0.000386. The Morgan fingerprint density at radius 1 is 0.324 bits per heavy atom. The van der Waals surface area contributed by atoms with Crippen molar-refractivity contribution in [3.05, 3.63) is 275 Å². The maximum absolute atomic E-state index is 14.8. The summed E-state index contributed by atoms with van der Waals surface area (Å²) in [6, 6.07) is 48.2. The largest absolute Gasteiger partial charge is 0.388 e. The quantitative estimate of drug-likeness (QED) is 0.0267. The van der Waals surface area contributed by atoms with Crippen LogP contribution >= 0.6 is 103 Å². The number of benzene rings is 7. The standard InChI is InChI=1S/C21H17Cl2N5O4S2.C21H16ClF2N5O4S2.C21H17ClFN5O4S2.C20H17ClN6O4S2/c1-24-13-4-2-3-12(9-13)16-11-19(29)28(26-16)17-6-5-14(10-15(17)22)25-21(30)27-34(31,32)20-8-7-18(23)33-20;1-25-12-4-2-3-11(7-12)16-10-18(30)29(27-16)20-14(23)8-13(9-15(20)24)26-21(31)28-35(32,33)19-6-5-17(22)34-19;1-24-13-4-2-3-12(9-13)16-11-19(29)28(26-16)17-6-5-14(10-15(17)23)25-21(30)27-34(31,32)20-8-7-18(22)33-20;1-22-13-4-2-3-12(9-13)15-10-18(28)27(25-15)17-7-5-14(11-23-17)24-20(29)26-33(30,31)19-8-6-16(21)32-19/h2-10,24H,11H2,1H3,(H2,25,27,30);2-9,25H,10H2,1H3,(H2,26,28,31);2-10,24H,11H2,1H3,(H2,25,27,30);2-9,11,22H,10H2,1H3,(H2,24,26,29). The summed E-state index contributed by atoms with van der Waals surface area (Å²) in [5.74, 6) is -4.49. The topological polar surface area (TPSA) is 493 Å². The zero-order valence-corrected chi connectivity index (χ0v) is 80.2. The van der Waals surface area contributed by atoms with E-state index >= 15 is 0 Å². The maximum Gasteiger partial charge on any atom is 0.333 e. The molecular formula is C83H67Cl5F3N21O16S8. The molecule has 12 aromatic rings. The highest BCUT2D eigenvalue weighted by Gasteiger charge is 2.35. The highest BCUT2D eigenvalue weighted by molar-refractivity contribution is 7.93. The smallest absolute Gasteiger partial charge is 0.333 e. The predicted molar refractivity (Wildman–Crippen MR) is 522 cm³/mol. The lowest BCUT2D eigenvalue weighted by Crippen LogP contribution is -2.34. The first-order valence-electron chi connectivity index (χ1n) is 38.8. The summed E-state index contributed by atoms with van der Waals surface area (Å²) in [7, 11) is -9.39. The Hall–Kier alpha value is -13.6. The van der Waals surface area contributed by atoms with Gasteiger partial charge in [-0.3, -0.25) is 19.2 Å². The van der Waals surface area contributed by atoms with Gasteiger partial charge in [0.1, 0.15) is 28.2 Å². The summed E-state index contributed by atoms with van der Waals surface area (Å²) in [6.45, 7) is 0. The van der Waals surface area contributed by atoms with Crippen LogP contribution in [-0.4, -0.2) is 137 Å². The number of hydrogen-bond acceptors (Lipinski definition) is 29. The molecule has 0 unspecified atom stereocenters. The molecule has 704 valence electrons. The number of nitrogens with one attached hydrogen (secondary N) is 12. The fourth-order valence-electron chi connectivity index (χ4n) is 12.5. The van der Waals surface area contributed by atoms with E-state index in [2.05, 4.69) is 62.6 Å². The van der Waals surface area contributed by atoms with E-state index in [9.17, 15) is 85.2 Å². The van der Waals surface area contributed by atoms with Crippen molar-refractivity contribution in [1.29, 1.82) is 0 Å². The van der Waals surface area contributed by atoms with Crippen LogP contribution < -0.4 is 81.5 Å². The number of hydrogen-bond donors (Lipinski definition) is 12. The number of nitrogens with zero attached hydrogens (tertiary/aromatic N) is 9. The molecule has 7 aromatic carbocycles. The van der Waals surface area contributed by atoms with Gasteiger partial charge in [-0.2, -0.15) is 40.4 Å². The molecule has 0 saturated heterocycles. The molecule has 0 fully saturated rings. The van der Waals surface area contributed by atoms with Crippen LogP contribution in [0.5, 0.6) is 0 Å². The van der Waals surface area contributed by atoms with E-state index < -0.39 is 99.2 Å². The van der Waals surface area contributed by atoms with Crippen molar-refractivity contribution < 1.29 is 85.2 Å². The number of sulfonamides is 4. The van der Waals surface area contributed by atoms with Gasteiger partial charge in [0.15, 0.2) is 23.3 Å². The van der Waals surface area contributed by atoms with Crippen LogP contribution in [0, 0.1) is 17.5 Å². The monoisotopic (exact) mass is 2100 g/mol. The van der Waals surface area contributed by atoms with Gasteiger partial charge in [0.05, 0.1) is 88.5 Å². The van der Waals surface area contributed by atoms with E-state index in [1.54, 1.807) is 63.2 Å². The van der Waals surface area contributed by atoms with Crippen molar-refractivity contribution in [2.45, 2.75) is 42.5 Å². The van der Waals surface area contributed by atoms with Gasteiger partial charge < -0.3 is 42.5 Å². The molecule has 12 amide bonds. The van der Waals surface area contributed by atoms with E-state index in [-0.39, 0.29) is 111 Å². The second kappa shape index (κ2) is 42.9. The number of amides is 12. The van der Waals surface area contributed by atoms with E-state index in [4.69, 9.17) is 58.0 Å². The van der Waals surface area contributed by atoms with E-state index in [1.165, 1.54) is 107 Å². The predicted octanol–water partition coefficient (Wildman–Crippen LogP) is 16.8. The first-order valence-corrected chi connectivity index (χ1v) is 49.9. The highest BCUT2D eigenvalue weighted by atomic mass is 35.5. The van der Waals surface area contributed by atoms with Crippen LogP contribution in [0.1, 0.15) is 47.9 Å². The van der Waals surface area contributed by atoms with Crippen LogP contribution in [-0.2, 0) is 59.3 Å². The lowest BCUT2D eigenvalue weighted by Gasteiger charge is -2.15. The summed E-state index contributed by atoms with van der Waals surface area (Å²) in [4.78, 5) is 103. The molecule has 5 aromatic heterocycles. The van der Waals surface area contributed by atoms with E-state index in [0.717, 1.165) is 108 Å².